The molecule has 0 saturated heterocycles. The molecule has 7 heteroatoms. The van der Waals surface area contributed by atoms with Crippen molar-refractivity contribution in [2.45, 2.75) is 26.4 Å². The second-order valence-electron chi connectivity index (χ2n) is 6.00. The predicted octanol–water partition coefficient (Wildman–Crippen LogP) is 2.83. The third-order valence-electron chi connectivity index (χ3n) is 3.99. The molecular formula is C19H18FN3O3. The molecule has 0 unspecified atom stereocenters. The predicted molar refractivity (Wildman–Crippen MR) is 93.9 cm³/mol. The van der Waals surface area contributed by atoms with Crippen molar-refractivity contribution in [3.05, 3.63) is 76.0 Å². The van der Waals surface area contributed by atoms with Gasteiger partial charge in [-0.1, -0.05) is 29.8 Å². The van der Waals surface area contributed by atoms with Gasteiger partial charge in [0.15, 0.2) is 0 Å². The Labute approximate surface area is 149 Å². The average Bonchev–Trinajstić information content (AvgIpc) is 3.02. The smallest absolute Gasteiger partial charge is 0.388 e. The molecule has 0 aliphatic rings. The van der Waals surface area contributed by atoms with Gasteiger partial charge < -0.3 is 9.73 Å². The lowest BCUT2D eigenvalue weighted by Gasteiger charge is -2.11. The van der Waals surface area contributed by atoms with Gasteiger partial charge in [0.05, 0.1) is 0 Å². The van der Waals surface area contributed by atoms with Gasteiger partial charge in [-0.15, -0.1) is 5.10 Å². The van der Waals surface area contributed by atoms with Crippen LogP contribution in [0.5, 0.6) is 0 Å². The summed E-state index contributed by atoms with van der Waals surface area (Å²) in [5.74, 6) is -1.47. The highest BCUT2D eigenvalue weighted by atomic mass is 19.1. The second-order valence-corrected chi connectivity index (χ2v) is 6.00. The first-order valence-corrected chi connectivity index (χ1v) is 8.13. The van der Waals surface area contributed by atoms with E-state index in [0.717, 1.165) is 15.8 Å². The Hall–Kier alpha value is -3.22. The van der Waals surface area contributed by atoms with Gasteiger partial charge in [-0.2, -0.15) is 4.68 Å². The number of nitrogens with zero attached hydrogens (tertiary/aromatic N) is 2. The van der Waals surface area contributed by atoms with Crippen molar-refractivity contribution < 1.29 is 13.6 Å². The van der Waals surface area contributed by atoms with Crippen molar-refractivity contribution >= 4 is 5.91 Å². The zero-order valence-corrected chi connectivity index (χ0v) is 14.4. The number of amides is 1. The van der Waals surface area contributed by atoms with Crippen LogP contribution in [0.2, 0.25) is 0 Å². The van der Waals surface area contributed by atoms with Crippen LogP contribution in [0.15, 0.2) is 57.7 Å². The quantitative estimate of drug-likeness (QED) is 0.763. The lowest BCUT2D eigenvalue weighted by Crippen LogP contribution is -2.34. The first-order chi connectivity index (χ1) is 12.4. The number of aromatic nitrogens is 2. The van der Waals surface area contributed by atoms with E-state index < -0.39 is 17.6 Å². The Morgan fingerprint density at radius 3 is 2.50 bits per heavy atom. The van der Waals surface area contributed by atoms with Crippen molar-refractivity contribution in [1.29, 1.82) is 0 Å². The number of hydrogen-bond acceptors (Lipinski definition) is 4. The van der Waals surface area contributed by atoms with E-state index in [4.69, 9.17) is 4.42 Å². The van der Waals surface area contributed by atoms with Crippen LogP contribution >= 0.6 is 0 Å². The van der Waals surface area contributed by atoms with E-state index in [1.54, 1.807) is 6.92 Å². The normalized spacial score (nSPS) is 12.0. The van der Waals surface area contributed by atoms with E-state index in [9.17, 15) is 14.0 Å². The summed E-state index contributed by atoms with van der Waals surface area (Å²) in [5, 5.41) is 6.82. The van der Waals surface area contributed by atoms with E-state index in [-0.39, 0.29) is 11.8 Å². The van der Waals surface area contributed by atoms with Crippen LogP contribution in [0.1, 0.15) is 24.1 Å². The molecule has 1 N–H and O–H groups in total. The van der Waals surface area contributed by atoms with E-state index >= 15 is 0 Å². The van der Waals surface area contributed by atoms with Gasteiger partial charge in [0, 0.05) is 12.1 Å². The van der Waals surface area contributed by atoms with Crippen LogP contribution in [-0.2, 0) is 11.3 Å². The summed E-state index contributed by atoms with van der Waals surface area (Å²) in [6.45, 7) is 3.89. The van der Waals surface area contributed by atoms with Crippen molar-refractivity contribution in [3.8, 4) is 11.5 Å². The van der Waals surface area contributed by atoms with Crippen LogP contribution in [0, 0.1) is 12.7 Å². The molecule has 1 heterocycles. The number of aryl methyl sites for hydroxylation is 1. The highest BCUT2D eigenvalue weighted by Gasteiger charge is 2.21. The van der Waals surface area contributed by atoms with Crippen molar-refractivity contribution in [3.63, 3.8) is 0 Å². The summed E-state index contributed by atoms with van der Waals surface area (Å²) < 4.78 is 19.1. The molecule has 0 fully saturated rings. The number of carbonyl (C=O) groups excluding carboxylic acids is 1. The summed E-state index contributed by atoms with van der Waals surface area (Å²) in [6.07, 6.45) is 0. The van der Waals surface area contributed by atoms with Gasteiger partial charge in [0.1, 0.15) is 11.9 Å². The van der Waals surface area contributed by atoms with E-state index in [1.807, 2.05) is 31.2 Å². The average molecular weight is 355 g/mol. The second kappa shape index (κ2) is 7.35. The molecule has 3 aromatic rings. The lowest BCUT2D eigenvalue weighted by atomic mass is 10.1. The zero-order valence-electron chi connectivity index (χ0n) is 14.4. The third-order valence-corrected chi connectivity index (χ3v) is 3.99. The molecule has 0 spiro atoms. The van der Waals surface area contributed by atoms with E-state index in [1.165, 1.54) is 24.3 Å². The maximum Gasteiger partial charge on any atom is 0.438 e. The van der Waals surface area contributed by atoms with E-state index in [0.29, 0.717) is 12.1 Å². The summed E-state index contributed by atoms with van der Waals surface area (Å²) in [5.41, 5.74) is 2.54. The van der Waals surface area contributed by atoms with Gasteiger partial charge in [-0.3, -0.25) is 4.79 Å². The Morgan fingerprint density at radius 2 is 1.85 bits per heavy atom. The third kappa shape index (κ3) is 3.88. The fraction of sp³-hybridized carbons (Fsp3) is 0.211. The van der Waals surface area contributed by atoms with E-state index in [2.05, 4.69) is 10.4 Å². The minimum Gasteiger partial charge on any atom is -0.388 e. The van der Waals surface area contributed by atoms with Crippen molar-refractivity contribution in [1.82, 2.24) is 15.1 Å². The first kappa shape index (κ1) is 17.6. The molecule has 134 valence electrons. The fourth-order valence-corrected chi connectivity index (χ4v) is 2.40. The van der Waals surface area contributed by atoms with Gasteiger partial charge in [0.2, 0.25) is 11.8 Å². The maximum atomic E-state index is 13.0. The van der Waals surface area contributed by atoms with Crippen LogP contribution in [0.4, 0.5) is 4.39 Å². The minimum absolute atomic E-state index is 0.0354. The van der Waals surface area contributed by atoms with Gasteiger partial charge in [-0.25, -0.2) is 9.18 Å². The number of halogens is 1. The molecule has 3 rings (SSSR count). The first-order valence-electron chi connectivity index (χ1n) is 8.13. The SMILES string of the molecule is Cc1ccc(CNC(=O)[C@H](C)n2nc(-c3ccc(F)cc3)oc2=O)cc1. The van der Waals surface area contributed by atoms with Crippen LogP contribution in [0.3, 0.4) is 0 Å². The maximum absolute atomic E-state index is 13.0. The van der Waals surface area contributed by atoms with Gasteiger partial charge in [-0.05, 0) is 43.7 Å². The monoisotopic (exact) mass is 355 g/mol. The zero-order chi connectivity index (χ0) is 18.7. The molecular weight excluding hydrogens is 337 g/mol. The Morgan fingerprint density at radius 1 is 1.19 bits per heavy atom. The Bertz CT molecular complexity index is 959. The molecule has 0 aliphatic carbocycles. The standard InChI is InChI=1S/C19H18FN3O3/c1-12-3-5-14(6-4-12)11-21-17(24)13(2)23-19(25)26-18(22-23)15-7-9-16(20)10-8-15/h3-10,13H,11H2,1-2H3,(H,21,24)/t13-/m0/s1. The summed E-state index contributed by atoms with van der Waals surface area (Å²) >= 11 is 0. The number of rotatable bonds is 5. The number of nitrogens with one attached hydrogen (secondary N) is 1. The summed E-state index contributed by atoms with van der Waals surface area (Å²) in [4.78, 5) is 24.3. The highest BCUT2D eigenvalue weighted by molar-refractivity contribution is 5.79. The molecule has 0 bridgehead atoms. The Kier molecular flexibility index (Phi) is 4.97. The molecule has 0 radical (unpaired) electrons. The van der Waals surface area contributed by atoms with Crippen molar-refractivity contribution in [2.24, 2.45) is 0 Å². The number of carbonyl (C=O) groups is 1. The molecule has 0 saturated carbocycles. The highest BCUT2D eigenvalue weighted by Crippen LogP contribution is 2.16. The van der Waals surface area contributed by atoms with Crippen LogP contribution in [-0.4, -0.2) is 15.7 Å². The molecule has 1 aromatic heterocycles. The fourth-order valence-electron chi connectivity index (χ4n) is 2.40. The molecule has 2 aromatic carbocycles. The molecule has 1 atom stereocenters. The Balaban J connectivity index is 1.71. The van der Waals surface area contributed by atoms with Crippen LogP contribution in [0.25, 0.3) is 11.5 Å². The molecule has 6 nitrogen and oxygen atoms in total. The van der Waals surface area contributed by atoms with Gasteiger partial charge >= 0.3 is 5.76 Å². The molecule has 0 aliphatic heterocycles. The largest absolute Gasteiger partial charge is 0.438 e. The topological polar surface area (TPSA) is 77.1 Å². The van der Waals surface area contributed by atoms with Gasteiger partial charge in [0.25, 0.3) is 0 Å². The van der Waals surface area contributed by atoms with Crippen LogP contribution < -0.4 is 11.1 Å². The summed E-state index contributed by atoms with van der Waals surface area (Å²) in [7, 11) is 0. The van der Waals surface area contributed by atoms with Crippen molar-refractivity contribution in [2.75, 3.05) is 0 Å². The molecule has 1 amide bonds. The molecule has 26 heavy (non-hydrogen) atoms. The summed E-state index contributed by atoms with van der Waals surface area (Å²) in [6, 6.07) is 12.3. The minimum atomic E-state index is -0.842. The number of hydrogen-bond donors (Lipinski definition) is 1. The number of benzene rings is 2. The lowest BCUT2D eigenvalue weighted by molar-refractivity contribution is -0.124.